The molecule has 1 rings (SSSR count). The molecule has 0 saturated carbocycles. The Hall–Kier alpha value is -0.163. The first kappa shape index (κ1) is 18.9. The van der Waals surface area contributed by atoms with Crippen molar-refractivity contribution in [3.05, 3.63) is 12.2 Å². The molecule has 1 saturated heterocycles. The van der Waals surface area contributed by atoms with Gasteiger partial charge in [0, 0.05) is 54.1 Å². The van der Waals surface area contributed by atoms with Crippen molar-refractivity contribution >= 4 is 8.07 Å². The average molecular weight is 314 g/mol. The van der Waals surface area contributed by atoms with Crippen LogP contribution in [0, 0.1) is 0 Å². The maximum absolute atomic E-state index is 5.29. The largest absolute Gasteiger partial charge is 0.385 e. The van der Waals surface area contributed by atoms with E-state index in [4.69, 9.17) is 9.47 Å². The van der Waals surface area contributed by atoms with Crippen molar-refractivity contribution in [2.75, 3.05) is 34.0 Å². The van der Waals surface area contributed by atoms with Crippen LogP contribution in [-0.4, -0.2) is 59.0 Å². The SMILES string of the molecule is C=C(CN1[C@H](CCOC)CC[C@@H]1CCOC)C[Si](C)(C)C. The second-order valence-corrected chi connectivity index (χ2v) is 13.1. The Bertz CT molecular complexity index is 298. The Morgan fingerprint density at radius 1 is 1.05 bits per heavy atom. The molecule has 0 aromatic carbocycles. The van der Waals surface area contributed by atoms with Crippen LogP contribution in [-0.2, 0) is 9.47 Å². The van der Waals surface area contributed by atoms with Crippen LogP contribution in [0.2, 0.25) is 25.7 Å². The highest BCUT2D eigenvalue weighted by Crippen LogP contribution is 2.30. The second kappa shape index (κ2) is 9.08. The highest BCUT2D eigenvalue weighted by Gasteiger charge is 2.33. The summed E-state index contributed by atoms with van der Waals surface area (Å²) in [6.07, 6.45) is 4.86. The Morgan fingerprint density at radius 3 is 1.90 bits per heavy atom. The minimum atomic E-state index is -1.06. The van der Waals surface area contributed by atoms with Crippen LogP contribution in [0.25, 0.3) is 0 Å². The van der Waals surface area contributed by atoms with E-state index >= 15 is 0 Å². The van der Waals surface area contributed by atoms with Gasteiger partial charge in [-0.15, -0.1) is 0 Å². The maximum Gasteiger partial charge on any atom is 0.0483 e. The van der Waals surface area contributed by atoms with Crippen molar-refractivity contribution in [2.24, 2.45) is 0 Å². The fraction of sp³-hybridized carbons (Fsp3) is 0.882. The standard InChI is InChI=1S/C17H35NO2Si/c1-15(14-21(4,5)6)13-18-16(9-11-19-2)7-8-17(18)10-12-20-3/h16-17H,1,7-14H2,2-6H3/t16-,17+. The van der Waals surface area contributed by atoms with E-state index < -0.39 is 8.07 Å². The molecule has 124 valence electrons. The van der Waals surface area contributed by atoms with Crippen LogP contribution >= 0.6 is 0 Å². The predicted octanol–water partition coefficient (Wildman–Crippen LogP) is 3.79. The molecule has 0 aromatic heterocycles. The van der Waals surface area contributed by atoms with Gasteiger partial charge in [0.25, 0.3) is 0 Å². The smallest absolute Gasteiger partial charge is 0.0483 e. The van der Waals surface area contributed by atoms with E-state index in [1.165, 1.54) is 24.5 Å². The van der Waals surface area contributed by atoms with Gasteiger partial charge in [-0.1, -0.05) is 31.8 Å². The van der Waals surface area contributed by atoms with Gasteiger partial charge in [0.05, 0.1) is 0 Å². The molecule has 0 amide bonds. The number of hydrogen-bond donors (Lipinski definition) is 0. The van der Waals surface area contributed by atoms with Gasteiger partial charge >= 0.3 is 0 Å². The summed E-state index contributed by atoms with van der Waals surface area (Å²) in [5, 5.41) is 0. The van der Waals surface area contributed by atoms with E-state index in [1.807, 2.05) is 0 Å². The van der Waals surface area contributed by atoms with Gasteiger partial charge in [-0.2, -0.15) is 0 Å². The summed E-state index contributed by atoms with van der Waals surface area (Å²) in [6, 6.07) is 2.55. The molecular formula is C17H35NO2Si. The number of hydrogen-bond acceptors (Lipinski definition) is 3. The summed E-state index contributed by atoms with van der Waals surface area (Å²) in [5.74, 6) is 0. The molecule has 0 radical (unpaired) electrons. The average Bonchev–Trinajstić information content (AvgIpc) is 2.74. The fourth-order valence-electron chi connectivity index (χ4n) is 3.46. The minimum Gasteiger partial charge on any atom is -0.385 e. The van der Waals surface area contributed by atoms with Crippen LogP contribution in [0.1, 0.15) is 25.7 Å². The molecule has 1 aliphatic heterocycles. The Kier molecular flexibility index (Phi) is 8.17. The zero-order valence-corrected chi connectivity index (χ0v) is 15.8. The van der Waals surface area contributed by atoms with Gasteiger partial charge in [-0.05, 0) is 31.7 Å². The van der Waals surface area contributed by atoms with E-state index in [0.717, 1.165) is 32.6 Å². The third kappa shape index (κ3) is 7.09. The van der Waals surface area contributed by atoms with Crippen molar-refractivity contribution in [3.8, 4) is 0 Å². The Balaban J connectivity index is 2.60. The van der Waals surface area contributed by atoms with Gasteiger partial charge in [-0.3, -0.25) is 4.90 Å². The molecule has 0 N–H and O–H groups in total. The van der Waals surface area contributed by atoms with Crippen molar-refractivity contribution in [3.63, 3.8) is 0 Å². The van der Waals surface area contributed by atoms with Crippen LogP contribution in [0.4, 0.5) is 0 Å². The lowest BCUT2D eigenvalue weighted by molar-refractivity contribution is 0.118. The van der Waals surface area contributed by atoms with E-state index in [-0.39, 0.29) is 0 Å². The minimum absolute atomic E-state index is 0.658. The van der Waals surface area contributed by atoms with Gasteiger partial charge in [0.1, 0.15) is 0 Å². The van der Waals surface area contributed by atoms with E-state index in [1.54, 1.807) is 14.2 Å². The molecular weight excluding hydrogens is 278 g/mol. The lowest BCUT2D eigenvalue weighted by Gasteiger charge is -2.32. The van der Waals surface area contributed by atoms with Crippen molar-refractivity contribution in [1.82, 2.24) is 4.90 Å². The molecule has 0 bridgehead atoms. The number of likely N-dealkylation sites (tertiary alicyclic amines) is 1. The maximum atomic E-state index is 5.29. The number of methoxy groups -OCH3 is 2. The summed E-state index contributed by atoms with van der Waals surface area (Å²) in [6.45, 7) is 14.4. The number of nitrogens with zero attached hydrogens (tertiary/aromatic N) is 1. The van der Waals surface area contributed by atoms with E-state index in [0.29, 0.717) is 12.1 Å². The molecule has 2 atom stereocenters. The molecule has 3 nitrogen and oxygen atoms in total. The van der Waals surface area contributed by atoms with Crippen LogP contribution in [0.5, 0.6) is 0 Å². The summed E-state index contributed by atoms with van der Waals surface area (Å²) in [4.78, 5) is 2.68. The summed E-state index contributed by atoms with van der Waals surface area (Å²) in [7, 11) is 2.53. The number of rotatable bonds is 10. The first-order chi connectivity index (χ1) is 9.87. The normalized spacial score (nSPS) is 23.7. The molecule has 4 heteroatoms. The zero-order chi connectivity index (χ0) is 15.9. The van der Waals surface area contributed by atoms with Gasteiger partial charge in [0.2, 0.25) is 0 Å². The van der Waals surface area contributed by atoms with Crippen LogP contribution in [0.3, 0.4) is 0 Å². The molecule has 21 heavy (non-hydrogen) atoms. The lowest BCUT2D eigenvalue weighted by Crippen LogP contribution is -2.39. The molecule has 1 fully saturated rings. The van der Waals surface area contributed by atoms with Gasteiger partial charge < -0.3 is 9.47 Å². The molecule has 0 unspecified atom stereocenters. The third-order valence-corrected chi connectivity index (χ3v) is 5.83. The zero-order valence-electron chi connectivity index (χ0n) is 14.8. The Labute approximate surface area is 132 Å². The fourth-order valence-corrected chi connectivity index (χ4v) is 5.08. The van der Waals surface area contributed by atoms with E-state index in [2.05, 4.69) is 31.1 Å². The van der Waals surface area contributed by atoms with Crippen molar-refractivity contribution in [2.45, 2.75) is 63.5 Å². The summed E-state index contributed by atoms with van der Waals surface area (Å²) in [5.41, 5.74) is 1.42. The number of ether oxygens (including phenoxy) is 2. The van der Waals surface area contributed by atoms with Crippen LogP contribution < -0.4 is 0 Å². The van der Waals surface area contributed by atoms with Crippen LogP contribution in [0.15, 0.2) is 12.2 Å². The van der Waals surface area contributed by atoms with Crippen molar-refractivity contribution < 1.29 is 9.47 Å². The topological polar surface area (TPSA) is 21.7 Å². The first-order valence-corrected chi connectivity index (χ1v) is 12.0. The summed E-state index contributed by atoms with van der Waals surface area (Å²) >= 11 is 0. The molecule has 0 aliphatic carbocycles. The van der Waals surface area contributed by atoms with E-state index in [9.17, 15) is 0 Å². The quantitative estimate of drug-likeness (QED) is 0.452. The monoisotopic (exact) mass is 313 g/mol. The highest BCUT2D eigenvalue weighted by molar-refractivity contribution is 6.76. The first-order valence-electron chi connectivity index (χ1n) is 8.27. The third-order valence-electron chi connectivity index (χ3n) is 4.27. The lowest BCUT2D eigenvalue weighted by atomic mass is 10.1. The molecule has 0 aromatic rings. The molecule has 1 aliphatic rings. The highest BCUT2D eigenvalue weighted by atomic mass is 28.3. The Morgan fingerprint density at radius 2 is 1.52 bits per heavy atom. The van der Waals surface area contributed by atoms with Gasteiger partial charge in [-0.25, -0.2) is 0 Å². The van der Waals surface area contributed by atoms with Crippen molar-refractivity contribution in [1.29, 1.82) is 0 Å². The van der Waals surface area contributed by atoms with Gasteiger partial charge in [0.15, 0.2) is 0 Å². The summed E-state index contributed by atoms with van der Waals surface area (Å²) < 4.78 is 10.6. The predicted molar refractivity (Wildman–Crippen MR) is 93.8 cm³/mol. The molecule has 1 heterocycles. The second-order valence-electron chi connectivity index (χ2n) is 7.61. The molecule has 0 spiro atoms.